The van der Waals surface area contributed by atoms with Crippen molar-refractivity contribution in [2.45, 2.75) is 30.2 Å². The molecule has 33 heavy (non-hydrogen) atoms. The van der Waals surface area contributed by atoms with E-state index in [4.69, 9.17) is 16.0 Å². The van der Waals surface area contributed by atoms with Crippen molar-refractivity contribution in [3.8, 4) is 0 Å². The van der Waals surface area contributed by atoms with Crippen molar-refractivity contribution in [3.63, 3.8) is 0 Å². The van der Waals surface area contributed by atoms with Gasteiger partial charge in [-0.15, -0.1) is 0 Å². The van der Waals surface area contributed by atoms with Gasteiger partial charge in [-0.05, 0) is 57.3 Å². The van der Waals surface area contributed by atoms with Crippen LogP contribution < -0.4 is 10.0 Å². The maximum atomic E-state index is 12.8. The third-order valence-electron chi connectivity index (χ3n) is 5.51. The average molecular weight is 497 g/mol. The highest BCUT2D eigenvalue weighted by atomic mass is 35.5. The number of nitrogens with zero attached hydrogens (tertiary/aromatic N) is 2. The molecular weight excluding hydrogens is 468 g/mol. The Morgan fingerprint density at radius 2 is 2.09 bits per heavy atom. The molecule has 0 radical (unpaired) electrons. The molecule has 9 nitrogen and oxygen atoms in total. The van der Waals surface area contributed by atoms with E-state index in [-0.39, 0.29) is 40.5 Å². The predicted octanol–water partition coefficient (Wildman–Crippen LogP) is 2.26. The second-order valence-electron chi connectivity index (χ2n) is 8.08. The SMILES string of the molecule is CN(C)C(CNC(=O)c1cc(S(=O)(=O)NCCCN2CCCC2=O)ccc1Cl)c1ccco1. The molecule has 1 aromatic heterocycles. The first kappa shape index (κ1) is 25.2. The van der Waals surface area contributed by atoms with Crippen molar-refractivity contribution in [3.05, 3.63) is 52.9 Å². The van der Waals surface area contributed by atoms with E-state index in [1.165, 1.54) is 18.2 Å². The van der Waals surface area contributed by atoms with Crippen LogP contribution in [0, 0.1) is 0 Å². The average Bonchev–Trinajstić information content (AvgIpc) is 3.43. The number of sulfonamides is 1. The fourth-order valence-electron chi connectivity index (χ4n) is 3.65. The van der Waals surface area contributed by atoms with E-state index in [2.05, 4.69) is 10.0 Å². The molecule has 0 spiro atoms. The van der Waals surface area contributed by atoms with Gasteiger partial charge in [-0.25, -0.2) is 13.1 Å². The highest BCUT2D eigenvalue weighted by Crippen LogP contribution is 2.22. The molecule has 1 aromatic carbocycles. The minimum absolute atomic E-state index is 0.0514. The molecule has 0 bridgehead atoms. The van der Waals surface area contributed by atoms with Crippen LogP contribution in [0.5, 0.6) is 0 Å². The highest BCUT2D eigenvalue weighted by Gasteiger charge is 2.22. The van der Waals surface area contributed by atoms with E-state index in [0.717, 1.165) is 13.0 Å². The number of hydrogen-bond acceptors (Lipinski definition) is 6. The summed E-state index contributed by atoms with van der Waals surface area (Å²) in [6, 6.07) is 7.42. The number of likely N-dealkylation sites (N-methyl/N-ethyl adjacent to an activating group) is 1. The summed E-state index contributed by atoms with van der Waals surface area (Å²) in [7, 11) is -0.106. The van der Waals surface area contributed by atoms with E-state index >= 15 is 0 Å². The number of amides is 2. The smallest absolute Gasteiger partial charge is 0.252 e. The summed E-state index contributed by atoms with van der Waals surface area (Å²) >= 11 is 6.19. The summed E-state index contributed by atoms with van der Waals surface area (Å²) in [5.74, 6) is 0.320. The fourth-order valence-corrected chi connectivity index (χ4v) is 4.95. The maximum absolute atomic E-state index is 12.8. The Bertz CT molecular complexity index is 1070. The van der Waals surface area contributed by atoms with Crippen LogP contribution in [0.15, 0.2) is 45.9 Å². The number of nitrogens with one attached hydrogen (secondary N) is 2. The topological polar surface area (TPSA) is 112 Å². The summed E-state index contributed by atoms with van der Waals surface area (Å²) < 4.78 is 33.4. The Morgan fingerprint density at radius 3 is 2.73 bits per heavy atom. The molecule has 1 aliphatic heterocycles. The third kappa shape index (κ3) is 6.57. The summed E-state index contributed by atoms with van der Waals surface area (Å²) in [5.41, 5.74) is 0.0687. The van der Waals surface area contributed by atoms with Gasteiger partial charge in [-0.2, -0.15) is 0 Å². The van der Waals surface area contributed by atoms with Gasteiger partial charge in [-0.1, -0.05) is 11.6 Å². The number of hydrogen-bond donors (Lipinski definition) is 2. The molecule has 2 heterocycles. The van der Waals surface area contributed by atoms with Crippen LogP contribution in [-0.2, 0) is 14.8 Å². The normalized spacial score (nSPS) is 15.3. The van der Waals surface area contributed by atoms with Gasteiger partial charge in [0.25, 0.3) is 5.91 Å². The number of likely N-dealkylation sites (tertiary alicyclic amines) is 1. The first-order chi connectivity index (χ1) is 15.7. The van der Waals surface area contributed by atoms with Gasteiger partial charge >= 0.3 is 0 Å². The number of halogens is 1. The Balaban J connectivity index is 1.61. The quantitative estimate of drug-likeness (QED) is 0.461. The molecule has 0 saturated carbocycles. The summed E-state index contributed by atoms with van der Waals surface area (Å²) in [6.07, 6.45) is 3.47. The number of carbonyl (C=O) groups excluding carboxylic acids is 2. The minimum Gasteiger partial charge on any atom is -0.468 e. The summed E-state index contributed by atoms with van der Waals surface area (Å²) in [6.45, 7) is 1.66. The van der Waals surface area contributed by atoms with Crippen molar-refractivity contribution in [1.29, 1.82) is 0 Å². The first-order valence-electron chi connectivity index (χ1n) is 10.7. The molecule has 2 aromatic rings. The lowest BCUT2D eigenvalue weighted by molar-refractivity contribution is -0.127. The fraction of sp³-hybridized carbons (Fsp3) is 0.455. The molecule has 2 N–H and O–H groups in total. The predicted molar refractivity (Wildman–Crippen MR) is 125 cm³/mol. The van der Waals surface area contributed by atoms with Crippen LogP contribution in [0.1, 0.15) is 41.4 Å². The Labute approximate surface area is 199 Å². The van der Waals surface area contributed by atoms with E-state index in [9.17, 15) is 18.0 Å². The van der Waals surface area contributed by atoms with Crippen molar-refractivity contribution >= 4 is 33.4 Å². The molecule has 3 rings (SSSR count). The van der Waals surface area contributed by atoms with E-state index in [1.54, 1.807) is 17.2 Å². The minimum atomic E-state index is -3.84. The molecule has 180 valence electrons. The molecule has 1 aliphatic rings. The van der Waals surface area contributed by atoms with Crippen molar-refractivity contribution in [1.82, 2.24) is 19.8 Å². The Hall–Kier alpha value is -2.40. The number of rotatable bonds is 11. The first-order valence-corrected chi connectivity index (χ1v) is 12.6. The second-order valence-corrected chi connectivity index (χ2v) is 10.3. The van der Waals surface area contributed by atoms with Crippen LogP contribution >= 0.6 is 11.6 Å². The third-order valence-corrected chi connectivity index (χ3v) is 7.30. The lowest BCUT2D eigenvalue weighted by Gasteiger charge is -2.22. The second kappa shape index (κ2) is 11.1. The Morgan fingerprint density at radius 1 is 1.30 bits per heavy atom. The van der Waals surface area contributed by atoms with Crippen LogP contribution in [0.3, 0.4) is 0 Å². The zero-order valence-corrected chi connectivity index (χ0v) is 20.3. The summed E-state index contributed by atoms with van der Waals surface area (Å²) in [4.78, 5) is 28.0. The van der Waals surface area contributed by atoms with Gasteiger partial charge in [0, 0.05) is 32.6 Å². The molecular formula is C22H29ClN4O5S. The van der Waals surface area contributed by atoms with Gasteiger partial charge < -0.3 is 14.6 Å². The van der Waals surface area contributed by atoms with E-state index in [1.807, 2.05) is 25.1 Å². The van der Waals surface area contributed by atoms with Gasteiger partial charge in [-0.3, -0.25) is 14.5 Å². The largest absolute Gasteiger partial charge is 0.468 e. The molecule has 1 saturated heterocycles. The van der Waals surface area contributed by atoms with Crippen LogP contribution in [0.4, 0.5) is 0 Å². The molecule has 1 fully saturated rings. The van der Waals surface area contributed by atoms with Crippen molar-refractivity contribution in [2.24, 2.45) is 0 Å². The van der Waals surface area contributed by atoms with Gasteiger partial charge in [0.05, 0.1) is 27.8 Å². The van der Waals surface area contributed by atoms with Crippen LogP contribution in [-0.4, -0.2) is 70.3 Å². The van der Waals surface area contributed by atoms with E-state index in [0.29, 0.717) is 25.1 Å². The van der Waals surface area contributed by atoms with Crippen molar-refractivity contribution in [2.75, 3.05) is 40.3 Å². The number of benzene rings is 1. The monoisotopic (exact) mass is 496 g/mol. The number of carbonyl (C=O) groups is 2. The zero-order chi connectivity index (χ0) is 24.0. The highest BCUT2D eigenvalue weighted by molar-refractivity contribution is 7.89. The molecule has 0 aliphatic carbocycles. The zero-order valence-electron chi connectivity index (χ0n) is 18.7. The van der Waals surface area contributed by atoms with E-state index < -0.39 is 15.9 Å². The number of furan rings is 1. The van der Waals surface area contributed by atoms with Gasteiger partial charge in [0.15, 0.2) is 0 Å². The molecule has 2 amide bonds. The standard InChI is InChI=1S/C22H29ClN4O5S/c1-26(2)19(20-6-4-13-32-20)15-24-22(29)17-14-16(8-9-18(17)23)33(30,31)25-10-5-12-27-11-3-7-21(27)28/h4,6,8-9,13-14,19,25H,3,5,7,10-12,15H2,1-2H3,(H,24,29). The van der Waals surface area contributed by atoms with Crippen molar-refractivity contribution < 1.29 is 22.4 Å². The van der Waals surface area contributed by atoms with Crippen LogP contribution in [0.2, 0.25) is 5.02 Å². The van der Waals surface area contributed by atoms with Gasteiger partial charge in [0.2, 0.25) is 15.9 Å². The molecule has 1 unspecified atom stereocenters. The molecule has 11 heteroatoms. The molecule has 1 atom stereocenters. The van der Waals surface area contributed by atoms with Crippen LogP contribution in [0.25, 0.3) is 0 Å². The Kier molecular flexibility index (Phi) is 8.52. The van der Waals surface area contributed by atoms with Gasteiger partial charge in [0.1, 0.15) is 5.76 Å². The lowest BCUT2D eigenvalue weighted by atomic mass is 10.1. The lowest BCUT2D eigenvalue weighted by Crippen LogP contribution is -2.34. The summed E-state index contributed by atoms with van der Waals surface area (Å²) in [5, 5.41) is 2.95. The maximum Gasteiger partial charge on any atom is 0.252 e.